The molecule has 6 heteroatoms. The van der Waals surface area contributed by atoms with E-state index in [0.29, 0.717) is 0 Å². The summed E-state index contributed by atoms with van der Waals surface area (Å²) < 4.78 is 6.78. The summed E-state index contributed by atoms with van der Waals surface area (Å²) in [4.78, 5) is 26.7. The summed E-state index contributed by atoms with van der Waals surface area (Å²) in [5.74, 6) is 0.936. The molecular formula is C12H17NO4S. The van der Waals surface area contributed by atoms with Gasteiger partial charge in [-0.05, 0) is 30.1 Å². The normalized spacial score (nSPS) is 9.39. The first-order valence-electron chi connectivity index (χ1n) is 5.31. The fourth-order valence-electron chi connectivity index (χ4n) is 1.22. The summed E-state index contributed by atoms with van der Waals surface area (Å²) in [6.45, 7) is 3.79. The molecule has 0 saturated carbocycles. The zero-order valence-electron chi connectivity index (χ0n) is 10.9. The minimum absolute atomic E-state index is 0.0168. The van der Waals surface area contributed by atoms with Crippen LogP contribution in [0.4, 0.5) is 0 Å². The minimum Gasteiger partial charge on any atom is -0.497 e. The number of hydrogen-bond acceptors (Lipinski definition) is 5. The van der Waals surface area contributed by atoms with Crippen molar-refractivity contribution < 1.29 is 9.53 Å². The molecule has 1 rings (SSSR count). The second kappa shape index (κ2) is 8.52. The number of carbonyl (C=O) groups excluding carboxylic acids is 1. The molecule has 0 saturated heterocycles. The highest BCUT2D eigenvalue weighted by atomic mass is 32.2. The lowest BCUT2D eigenvalue weighted by atomic mass is 10.2. The average Bonchev–Trinajstić information content (AvgIpc) is 2.40. The van der Waals surface area contributed by atoms with E-state index in [9.17, 15) is 4.79 Å². The van der Waals surface area contributed by atoms with Crippen molar-refractivity contribution in [2.45, 2.75) is 18.7 Å². The van der Waals surface area contributed by atoms with E-state index in [-0.39, 0.29) is 11.8 Å². The summed E-state index contributed by atoms with van der Waals surface area (Å²) in [5, 5.41) is 0. The molecule has 5 nitrogen and oxygen atoms in total. The molecular weight excluding hydrogens is 254 g/mol. The predicted molar refractivity (Wildman–Crippen MR) is 73.2 cm³/mol. The molecule has 0 fully saturated rings. The monoisotopic (exact) mass is 271 g/mol. The Morgan fingerprint density at radius 2 is 1.94 bits per heavy atom. The van der Waals surface area contributed by atoms with Gasteiger partial charge in [0.25, 0.3) is 0 Å². The first-order chi connectivity index (χ1) is 8.54. The number of rotatable bonds is 4. The Morgan fingerprint density at radius 3 is 2.44 bits per heavy atom. The molecule has 1 aromatic carbocycles. The van der Waals surface area contributed by atoms with Gasteiger partial charge in [0, 0.05) is 27.8 Å². The van der Waals surface area contributed by atoms with Crippen molar-refractivity contribution in [3.8, 4) is 5.75 Å². The van der Waals surface area contributed by atoms with E-state index in [4.69, 9.17) is 14.7 Å². The second-order valence-corrected chi connectivity index (χ2v) is 4.96. The van der Waals surface area contributed by atoms with Crippen molar-refractivity contribution >= 4 is 17.9 Å². The van der Waals surface area contributed by atoms with Crippen LogP contribution in [-0.4, -0.2) is 24.4 Å². The van der Waals surface area contributed by atoms with Gasteiger partial charge in [0.15, 0.2) is 0 Å². The van der Waals surface area contributed by atoms with Crippen molar-refractivity contribution in [1.82, 2.24) is 4.31 Å². The molecule has 0 spiro atoms. The summed E-state index contributed by atoms with van der Waals surface area (Å²) in [6, 6.07) is 7.66. The van der Waals surface area contributed by atoms with Gasteiger partial charge in [-0.2, -0.15) is 0 Å². The second-order valence-electron chi connectivity index (χ2n) is 3.76. The Bertz CT molecular complexity index is 384. The van der Waals surface area contributed by atoms with Gasteiger partial charge >= 0.3 is 0 Å². The van der Waals surface area contributed by atoms with Crippen LogP contribution < -0.4 is 4.74 Å². The number of carbonyl (C=O) groups is 1. The fraction of sp³-hybridized carbons (Fsp3) is 0.417. The first kappa shape index (κ1) is 16.4. The lowest BCUT2D eigenvalue weighted by Gasteiger charge is -2.18. The van der Waals surface area contributed by atoms with E-state index < -0.39 is 0 Å². The Morgan fingerprint density at radius 1 is 1.33 bits per heavy atom. The summed E-state index contributed by atoms with van der Waals surface area (Å²) in [5.41, 5.74) is 0. The van der Waals surface area contributed by atoms with Crippen molar-refractivity contribution in [3.63, 3.8) is 0 Å². The molecule has 1 aromatic rings. The van der Waals surface area contributed by atoms with Gasteiger partial charge < -0.3 is 4.74 Å². The van der Waals surface area contributed by atoms with Crippen molar-refractivity contribution in [1.29, 1.82) is 0 Å². The highest BCUT2D eigenvalue weighted by Gasteiger charge is 2.14. The van der Waals surface area contributed by atoms with Crippen LogP contribution in [0.1, 0.15) is 13.8 Å². The number of amides is 1. The van der Waals surface area contributed by atoms with Gasteiger partial charge in [-0.15, -0.1) is 0 Å². The molecule has 0 aliphatic rings. The lowest BCUT2D eigenvalue weighted by Crippen LogP contribution is -2.24. The standard InChI is InChI=1S/C12H17NO2S.O2/c1-9(2)12(14)13(3)16-11-7-5-6-10(8-11)15-4;1-2/h5-9H,1-4H3;. The quantitative estimate of drug-likeness (QED) is 0.788. The van der Waals surface area contributed by atoms with E-state index >= 15 is 0 Å². The van der Waals surface area contributed by atoms with Crippen LogP contribution in [-0.2, 0) is 4.79 Å². The van der Waals surface area contributed by atoms with Gasteiger partial charge in [-0.3, -0.25) is 9.10 Å². The molecule has 0 atom stereocenters. The van der Waals surface area contributed by atoms with E-state index in [1.54, 1.807) is 18.5 Å². The zero-order chi connectivity index (χ0) is 14.1. The van der Waals surface area contributed by atoms with Crippen molar-refractivity contribution in [2.24, 2.45) is 5.92 Å². The van der Waals surface area contributed by atoms with E-state index in [1.165, 1.54) is 11.9 Å². The number of nitrogens with zero attached hydrogens (tertiary/aromatic N) is 1. The third-order valence-corrected chi connectivity index (χ3v) is 3.01. The molecule has 0 aromatic heterocycles. The molecule has 0 N–H and O–H groups in total. The molecule has 18 heavy (non-hydrogen) atoms. The SMILES string of the molecule is COc1cccc(SN(C)C(=O)C(C)C)c1.O=O. The molecule has 100 valence electrons. The molecule has 0 bridgehead atoms. The summed E-state index contributed by atoms with van der Waals surface area (Å²) in [7, 11) is 3.42. The average molecular weight is 271 g/mol. The summed E-state index contributed by atoms with van der Waals surface area (Å²) >= 11 is 1.41. The van der Waals surface area contributed by atoms with E-state index in [0.717, 1.165) is 10.6 Å². The molecule has 0 aliphatic heterocycles. The number of ether oxygens (including phenoxy) is 1. The number of hydrogen-bond donors (Lipinski definition) is 0. The van der Waals surface area contributed by atoms with Gasteiger partial charge in [0.2, 0.25) is 5.91 Å². The Kier molecular flexibility index (Phi) is 7.78. The van der Waals surface area contributed by atoms with Crippen LogP contribution in [0.5, 0.6) is 5.75 Å². The smallest absolute Gasteiger partial charge is 0.234 e. The predicted octanol–water partition coefficient (Wildman–Crippen LogP) is 2.88. The Labute approximate surface area is 111 Å². The third-order valence-electron chi connectivity index (χ3n) is 2.09. The van der Waals surface area contributed by atoms with Crippen LogP contribution in [0.2, 0.25) is 0 Å². The summed E-state index contributed by atoms with van der Waals surface area (Å²) in [6.07, 6.45) is 0. The molecule has 0 heterocycles. The van der Waals surface area contributed by atoms with Crippen LogP contribution in [0.3, 0.4) is 0 Å². The fourth-order valence-corrected chi connectivity index (χ4v) is 2.15. The lowest BCUT2D eigenvalue weighted by molar-refractivity contribution is -0.128. The van der Waals surface area contributed by atoms with Crippen LogP contribution in [0.15, 0.2) is 29.2 Å². The number of benzene rings is 1. The minimum atomic E-state index is 0.0168. The zero-order valence-corrected chi connectivity index (χ0v) is 11.7. The van der Waals surface area contributed by atoms with Gasteiger partial charge in [0.05, 0.1) is 7.11 Å². The van der Waals surface area contributed by atoms with E-state index in [1.807, 2.05) is 38.1 Å². The molecule has 1 amide bonds. The Hall–Kier alpha value is -1.56. The topological polar surface area (TPSA) is 63.7 Å². The van der Waals surface area contributed by atoms with Crippen LogP contribution in [0, 0.1) is 15.8 Å². The highest BCUT2D eigenvalue weighted by Crippen LogP contribution is 2.25. The van der Waals surface area contributed by atoms with Gasteiger partial charge in [0.1, 0.15) is 5.75 Å². The maximum absolute atomic E-state index is 11.7. The van der Waals surface area contributed by atoms with Gasteiger partial charge in [-0.1, -0.05) is 19.9 Å². The maximum Gasteiger partial charge on any atom is 0.234 e. The molecule has 0 aliphatic carbocycles. The van der Waals surface area contributed by atoms with E-state index in [2.05, 4.69) is 0 Å². The first-order valence-corrected chi connectivity index (χ1v) is 6.08. The van der Waals surface area contributed by atoms with Crippen LogP contribution >= 0.6 is 11.9 Å². The van der Waals surface area contributed by atoms with Crippen molar-refractivity contribution in [3.05, 3.63) is 34.2 Å². The van der Waals surface area contributed by atoms with Crippen LogP contribution in [0.25, 0.3) is 0 Å². The van der Waals surface area contributed by atoms with Crippen molar-refractivity contribution in [2.75, 3.05) is 14.2 Å². The Balaban J connectivity index is 0.00000137. The maximum atomic E-state index is 11.7. The third kappa shape index (κ3) is 5.18. The largest absolute Gasteiger partial charge is 0.497 e. The number of methoxy groups -OCH3 is 1. The van der Waals surface area contributed by atoms with Gasteiger partial charge in [-0.25, -0.2) is 0 Å². The highest BCUT2D eigenvalue weighted by molar-refractivity contribution is 7.97. The molecule has 0 unspecified atom stereocenters. The molecule has 0 radical (unpaired) electrons.